The zero-order valence-corrected chi connectivity index (χ0v) is 10.6. The topological polar surface area (TPSA) is 92.2 Å². The second-order valence-corrected chi connectivity index (χ2v) is 4.14. The quantitative estimate of drug-likeness (QED) is 0.818. The molecule has 0 aromatic carbocycles. The Morgan fingerprint density at radius 3 is 2.67 bits per heavy atom. The van der Waals surface area contributed by atoms with E-state index in [4.69, 9.17) is 16.7 Å². The Kier molecular flexibility index (Phi) is 5.51. The van der Waals surface area contributed by atoms with E-state index in [9.17, 15) is 9.59 Å². The van der Waals surface area contributed by atoms with E-state index in [0.717, 1.165) is 12.8 Å². The molecule has 0 spiro atoms. The molecule has 18 heavy (non-hydrogen) atoms. The lowest BCUT2D eigenvalue weighted by Gasteiger charge is -2.13. The van der Waals surface area contributed by atoms with Gasteiger partial charge in [0.25, 0.3) is 5.91 Å². The maximum atomic E-state index is 11.7. The number of nitrogens with zero attached hydrogens (tertiary/aromatic N) is 2. The molecule has 1 amide bonds. The van der Waals surface area contributed by atoms with Crippen molar-refractivity contribution in [3.8, 4) is 0 Å². The average Bonchev–Trinajstić information content (AvgIpc) is 2.34. The van der Waals surface area contributed by atoms with E-state index in [-0.39, 0.29) is 10.8 Å². The summed E-state index contributed by atoms with van der Waals surface area (Å²) >= 11 is 5.54. The van der Waals surface area contributed by atoms with Crippen LogP contribution in [0.4, 0.5) is 0 Å². The van der Waals surface area contributed by atoms with Gasteiger partial charge in [-0.15, -0.1) is 10.2 Å². The largest absolute Gasteiger partial charge is 0.480 e. The number of carbonyl (C=O) groups is 2. The highest BCUT2D eigenvalue weighted by atomic mass is 35.5. The molecular weight excluding hydrogens is 258 g/mol. The molecule has 0 saturated heterocycles. The van der Waals surface area contributed by atoms with Crippen LogP contribution >= 0.6 is 11.6 Å². The van der Waals surface area contributed by atoms with Gasteiger partial charge >= 0.3 is 5.97 Å². The van der Waals surface area contributed by atoms with Crippen LogP contribution in [0.5, 0.6) is 0 Å². The molecular formula is C11H14ClN3O3. The Hall–Kier alpha value is -1.69. The molecule has 98 valence electrons. The van der Waals surface area contributed by atoms with Crippen molar-refractivity contribution in [2.75, 3.05) is 0 Å². The number of halogens is 1. The normalized spacial score (nSPS) is 11.9. The molecule has 0 bridgehead atoms. The van der Waals surface area contributed by atoms with Gasteiger partial charge in [0.05, 0.1) is 0 Å². The molecule has 0 radical (unpaired) electrons. The number of unbranched alkanes of at least 4 members (excludes halogenated alkanes) is 1. The Morgan fingerprint density at radius 1 is 1.44 bits per heavy atom. The third-order valence-corrected chi connectivity index (χ3v) is 2.52. The second-order valence-electron chi connectivity index (χ2n) is 3.75. The predicted octanol–water partition coefficient (Wildman–Crippen LogP) is 1.50. The van der Waals surface area contributed by atoms with Gasteiger partial charge in [-0.3, -0.25) is 4.79 Å². The molecule has 1 unspecified atom stereocenters. The van der Waals surface area contributed by atoms with Gasteiger partial charge in [0.15, 0.2) is 10.8 Å². The number of hydrogen-bond donors (Lipinski definition) is 2. The highest BCUT2D eigenvalue weighted by Gasteiger charge is 2.20. The summed E-state index contributed by atoms with van der Waals surface area (Å²) in [6, 6.07) is 1.91. The maximum absolute atomic E-state index is 11.7. The van der Waals surface area contributed by atoms with Crippen LogP contribution in [0.2, 0.25) is 5.15 Å². The number of rotatable bonds is 6. The number of carboxylic acids is 1. The number of hydrogen-bond acceptors (Lipinski definition) is 4. The lowest BCUT2D eigenvalue weighted by molar-refractivity contribution is -0.139. The summed E-state index contributed by atoms with van der Waals surface area (Å²) in [4.78, 5) is 22.7. The van der Waals surface area contributed by atoms with Crippen LogP contribution in [0.15, 0.2) is 12.1 Å². The minimum atomic E-state index is -1.06. The number of nitrogens with one attached hydrogen (secondary N) is 1. The number of aliphatic carboxylic acids is 1. The summed E-state index contributed by atoms with van der Waals surface area (Å²) in [6.45, 7) is 1.95. The van der Waals surface area contributed by atoms with E-state index in [0.29, 0.717) is 6.42 Å². The average molecular weight is 272 g/mol. The minimum absolute atomic E-state index is 0.0437. The van der Waals surface area contributed by atoms with Crippen LogP contribution in [0.25, 0.3) is 0 Å². The predicted molar refractivity (Wildman–Crippen MR) is 65.5 cm³/mol. The Labute approximate surface area is 109 Å². The van der Waals surface area contributed by atoms with E-state index < -0.39 is 17.9 Å². The van der Waals surface area contributed by atoms with Crippen molar-refractivity contribution in [3.05, 3.63) is 23.0 Å². The SMILES string of the molecule is CCCCC(NC(=O)c1ccc(Cl)nn1)C(=O)O. The number of aromatic nitrogens is 2. The van der Waals surface area contributed by atoms with E-state index >= 15 is 0 Å². The number of carboxylic acid groups (broad SMARTS) is 1. The molecule has 1 atom stereocenters. The van der Waals surface area contributed by atoms with Gasteiger partial charge < -0.3 is 10.4 Å². The molecule has 1 aromatic rings. The fourth-order valence-corrected chi connectivity index (χ4v) is 1.44. The molecule has 2 N–H and O–H groups in total. The Balaban J connectivity index is 2.66. The molecule has 1 aromatic heterocycles. The van der Waals surface area contributed by atoms with Crippen molar-refractivity contribution < 1.29 is 14.7 Å². The third kappa shape index (κ3) is 4.29. The van der Waals surface area contributed by atoms with Crippen molar-refractivity contribution in [2.45, 2.75) is 32.2 Å². The molecule has 1 rings (SSSR count). The summed E-state index contributed by atoms with van der Waals surface area (Å²) < 4.78 is 0. The summed E-state index contributed by atoms with van der Waals surface area (Å²) in [5, 5.41) is 18.6. The van der Waals surface area contributed by atoms with Crippen LogP contribution in [-0.4, -0.2) is 33.2 Å². The van der Waals surface area contributed by atoms with E-state index in [2.05, 4.69) is 15.5 Å². The van der Waals surface area contributed by atoms with Crippen LogP contribution < -0.4 is 5.32 Å². The molecule has 7 heteroatoms. The molecule has 0 aliphatic heterocycles. The van der Waals surface area contributed by atoms with Crippen molar-refractivity contribution >= 4 is 23.5 Å². The van der Waals surface area contributed by atoms with Gasteiger partial charge in [-0.25, -0.2) is 4.79 Å². The van der Waals surface area contributed by atoms with Gasteiger partial charge in [-0.2, -0.15) is 0 Å². The van der Waals surface area contributed by atoms with Crippen molar-refractivity contribution in [3.63, 3.8) is 0 Å². The van der Waals surface area contributed by atoms with Gasteiger partial charge in [-0.05, 0) is 18.6 Å². The lowest BCUT2D eigenvalue weighted by Crippen LogP contribution is -2.41. The molecule has 0 aliphatic rings. The van der Waals surface area contributed by atoms with E-state index in [1.807, 2.05) is 6.92 Å². The third-order valence-electron chi connectivity index (χ3n) is 2.31. The molecule has 0 fully saturated rings. The maximum Gasteiger partial charge on any atom is 0.326 e. The minimum Gasteiger partial charge on any atom is -0.480 e. The smallest absolute Gasteiger partial charge is 0.326 e. The Morgan fingerprint density at radius 2 is 2.17 bits per heavy atom. The van der Waals surface area contributed by atoms with Gasteiger partial charge in [0.2, 0.25) is 0 Å². The lowest BCUT2D eigenvalue weighted by atomic mass is 10.1. The fourth-order valence-electron chi connectivity index (χ4n) is 1.33. The Bertz CT molecular complexity index is 422. The molecule has 0 saturated carbocycles. The van der Waals surface area contributed by atoms with Crippen molar-refractivity contribution in [1.29, 1.82) is 0 Å². The molecule has 1 heterocycles. The summed E-state index contributed by atoms with van der Waals surface area (Å²) in [7, 11) is 0. The first-order chi connectivity index (χ1) is 8.54. The van der Waals surface area contributed by atoms with E-state index in [1.54, 1.807) is 0 Å². The van der Waals surface area contributed by atoms with Gasteiger partial charge in [0.1, 0.15) is 6.04 Å². The highest BCUT2D eigenvalue weighted by Crippen LogP contribution is 2.05. The summed E-state index contributed by atoms with van der Waals surface area (Å²) in [5.74, 6) is -1.62. The van der Waals surface area contributed by atoms with E-state index in [1.165, 1.54) is 12.1 Å². The van der Waals surface area contributed by atoms with Crippen LogP contribution in [0, 0.1) is 0 Å². The first-order valence-corrected chi connectivity index (χ1v) is 5.95. The fraction of sp³-hybridized carbons (Fsp3) is 0.455. The summed E-state index contributed by atoms with van der Waals surface area (Å²) in [6.07, 6.45) is 1.97. The number of carbonyl (C=O) groups excluding carboxylic acids is 1. The second kappa shape index (κ2) is 6.90. The zero-order chi connectivity index (χ0) is 13.5. The summed E-state index contributed by atoms with van der Waals surface area (Å²) in [5.41, 5.74) is 0.0437. The molecule has 0 aliphatic carbocycles. The van der Waals surface area contributed by atoms with Gasteiger partial charge in [0, 0.05) is 0 Å². The molecule has 6 nitrogen and oxygen atoms in total. The first kappa shape index (κ1) is 14.4. The first-order valence-electron chi connectivity index (χ1n) is 5.57. The standard InChI is InChI=1S/C11H14ClN3O3/c1-2-3-4-8(11(17)18)13-10(16)7-5-6-9(12)15-14-7/h5-6,8H,2-4H2,1H3,(H,13,16)(H,17,18). The highest BCUT2D eigenvalue weighted by molar-refractivity contribution is 6.29. The zero-order valence-electron chi connectivity index (χ0n) is 9.89. The monoisotopic (exact) mass is 271 g/mol. The van der Waals surface area contributed by atoms with Crippen LogP contribution in [-0.2, 0) is 4.79 Å². The van der Waals surface area contributed by atoms with Crippen molar-refractivity contribution in [2.24, 2.45) is 0 Å². The van der Waals surface area contributed by atoms with Crippen molar-refractivity contribution in [1.82, 2.24) is 15.5 Å². The van der Waals surface area contributed by atoms with Crippen LogP contribution in [0.3, 0.4) is 0 Å². The number of amides is 1. The van der Waals surface area contributed by atoms with Crippen LogP contribution in [0.1, 0.15) is 36.7 Å². The van der Waals surface area contributed by atoms with Gasteiger partial charge in [-0.1, -0.05) is 31.4 Å².